The molecule has 1 heterocycles. The Kier molecular flexibility index (Phi) is 2.80. The molecule has 0 aliphatic rings. The predicted octanol–water partition coefficient (Wildman–Crippen LogP) is 1.57. The molecule has 3 nitrogen and oxygen atoms in total. The molecule has 0 spiro atoms. The second kappa shape index (κ2) is 3.85. The van der Waals surface area contributed by atoms with Gasteiger partial charge in [0.15, 0.2) is 5.78 Å². The number of hydrogen-bond acceptors (Lipinski definition) is 2. The van der Waals surface area contributed by atoms with E-state index in [0.717, 1.165) is 6.42 Å². The maximum atomic E-state index is 11.4. The minimum atomic E-state index is 0.120. The monoisotopic (exact) mass is 164 g/mol. The number of carbonyl (C=O) groups is 1. The summed E-state index contributed by atoms with van der Waals surface area (Å²) in [5, 5.41) is 0. The topological polar surface area (TPSA) is 34.9 Å². The molecule has 3 heteroatoms. The van der Waals surface area contributed by atoms with Gasteiger partial charge in [-0.05, 0) is 6.42 Å². The lowest BCUT2D eigenvalue weighted by atomic mass is 10.2. The van der Waals surface area contributed by atoms with Crippen LogP contribution in [-0.2, 0) is 7.05 Å². The fourth-order valence-corrected chi connectivity index (χ4v) is 0.987. The van der Waals surface area contributed by atoms with Crippen molar-refractivity contribution in [1.29, 1.82) is 0 Å². The van der Waals surface area contributed by atoms with E-state index in [0.29, 0.717) is 12.1 Å². The van der Waals surface area contributed by atoms with Gasteiger partial charge in [-0.15, -0.1) is 6.58 Å². The van der Waals surface area contributed by atoms with Crippen LogP contribution in [0.25, 0.3) is 0 Å². The molecule has 0 saturated carbocycles. The number of nitrogens with zero attached hydrogens (tertiary/aromatic N) is 2. The zero-order chi connectivity index (χ0) is 8.97. The summed E-state index contributed by atoms with van der Waals surface area (Å²) in [4.78, 5) is 15.2. The van der Waals surface area contributed by atoms with Gasteiger partial charge >= 0.3 is 0 Å². The molecule has 64 valence electrons. The summed E-state index contributed by atoms with van der Waals surface area (Å²) in [6.07, 6.45) is 6.20. The van der Waals surface area contributed by atoms with Gasteiger partial charge in [0.1, 0.15) is 5.69 Å². The third-order valence-electron chi connectivity index (χ3n) is 1.68. The molecule has 0 atom stereocenters. The van der Waals surface area contributed by atoms with Crippen molar-refractivity contribution in [2.24, 2.45) is 7.05 Å². The molecule has 0 fully saturated rings. The van der Waals surface area contributed by atoms with Crippen molar-refractivity contribution in [2.45, 2.75) is 12.8 Å². The van der Waals surface area contributed by atoms with Crippen LogP contribution in [0.5, 0.6) is 0 Å². The molecule has 0 bridgehead atoms. The Hall–Kier alpha value is -1.38. The van der Waals surface area contributed by atoms with Crippen LogP contribution in [0.1, 0.15) is 23.3 Å². The number of hydrogen-bond donors (Lipinski definition) is 0. The first-order valence-electron chi connectivity index (χ1n) is 3.86. The van der Waals surface area contributed by atoms with E-state index < -0.39 is 0 Å². The number of ketones is 1. The highest BCUT2D eigenvalue weighted by molar-refractivity contribution is 5.94. The summed E-state index contributed by atoms with van der Waals surface area (Å²) < 4.78 is 1.73. The predicted molar refractivity (Wildman–Crippen MR) is 47.0 cm³/mol. The quantitative estimate of drug-likeness (QED) is 0.500. The number of aromatic nitrogens is 2. The summed E-state index contributed by atoms with van der Waals surface area (Å²) in [6.45, 7) is 3.56. The van der Waals surface area contributed by atoms with E-state index >= 15 is 0 Å². The number of rotatable bonds is 4. The first-order valence-corrected chi connectivity index (χ1v) is 3.86. The molecule has 1 rings (SSSR count). The van der Waals surface area contributed by atoms with Gasteiger partial charge in [0.25, 0.3) is 0 Å². The average Bonchev–Trinajstić information content (AvgIpc) is 2.47. The van der Waals surface area contributed by atoms with Crippen LogP contribution in [0.4, 0.5) is 0 Å². The van der Waals surface area contributed by atoms with Gasteiger partial charge in [0.05, 0.1) is 12.5 Å². The molecule has 0 unspecified atom stereocenters. The molecular weight excluding hydrogens is 152 g/mol. The molecule has 0 amide bonds. The molecule has 12 heavy (non-hydrogen) atoms. The third kappa shape index (κ3) is 1.81. The van der Waals surface area contributed by atoms with Gasteiger partial charge in [0.2, 0.25) is 0 Å². The van der Waals surface area contributed by atoms with Crippen molar-refractivity contribution in [3.63, 3.8) is 0 Å². The van der Waals surface area contributed by atoms with Crippen LogP contribution in [0.15, 0.2) is 25.2 Å². The summed E-state index contributed by atoms with van der Waals surface area (Å²) in [5.74, 6) is 0.120. The Morgan fingerprint density at radius 2 is 2.58 bits per heavy atom. The molecule has 1 aromatic rings. The Labute approximate surface area is 71.7 Å². The maximum absolute atomic E-state index is 11.4. The van der Waals surface area contributed by atoms with Gasteiger partial charge < -0.3 is 4.57 Å². The highest BCUT2D eigenvalue weighted by Gasteiger charge is 2.07. The van der Waals surface area contributed by atoms with E-state index in [9.17, 15) is 4.79 Å². The van der Waals surface area contributed by atoms with E-state index in [2.05, 4.69) is 11.6 Å². The van der Waals surface area contributed by atoms with E-state index in [1.165, 1.54) is 0 Å². The van der Waals surface area contributed by atoms with Gasteiger partial charge in [-0.1, -0.05) is 6.08 Å². The SMILES string of the molecule is C=CCCC(=O)c1cncn1C. The number of Topliss-reactive ketones (excluding diaryl/α,β-unsaturated/α-hetero) is 1. The zero-order valence-electron chi connectivity index (χ0n) is 7.16. The lowest BCUT2D eigenvalue weighted by Crippen LogP contribution is -2.04. The van der Waals surface area contributed by atoms with Gasteiger partial charge in [-0.3, -0.25) is 4.79 Å². The van der Waals surface area contributed by atoms with E-state index in [1.807, 2.05) is 7.05 Å². The van der Waals surface area contributed by atoms with Crippen molar-refractivity contribution in [2.75, 3.05) is 0 Å². The van der Waals surface area contributed by atoms with E-state index in [1.54, 1.807) is 23.2 Å². The zero-order valence-corrected chi connectivity index (χ0v) is 7.16. The van der Waals surface area contributed by atoms with Crippen LogP contribution in [-0.4, -0.2) is 15.3 Å². The fraction of sp³-hybridized carbons (Fsp3) is 0.333. The van der Waals surface area contributed by atoms with Crippen LogP contribution >= 0.6 is 0 Å². The molecule has 0 saturated heterocycles. The summed E-state index contributed by atoms with van der Waals surface area (Å²) in [6, 6.07) is 0. The highest BCUT2D eigenvalue weighted by atomic mass is 16.1. The van der Waals surface area contributed by atoms with Crippen LogP contribution in [0, 0.1) is 0 Å². The highest BCUT2D eigenvalue weighted by Crippen LogP contribution is 2.03. The smallest absolute Gasteiger partial charge is 0.181 e. The first-order chi connectivity index (χ1) is 5.75. The lowest BCUT2D eigenvalue weighted by molar-refractivity contribution is 0.0976. The minimum Gasteiger partial charge on any atom is -0.331 e. The van der Waals surface area contributed by atoms with Crippen molar-refractivity contribution < 1.29 is 4.79 Å². The Morgan fingerprint density at radius 1 is 1.83 bits per heavy atom. The second-order valence-electron chi connectivity index (χ2n) is 2.64. The van der Waals surface area contributed by atoms with Crippen LogP contribution in [0.2, 0.25) is 0 Å². The minimum absolute atomic E-state index is 0.120. The average molecular weight is 164 g/mol. The number of imidazole rings is 1. The van der Waals surface area contributed by atoms with Crippen LogP contribution in [0.3, 0.4) is 0 Å². The van der Waals surface area contributed by atoms with Crippen molar-refractivity contribution in [3.05, 3.63) is 30.9 Å². The van der Waals surface area contributed by atoms with Crippen molar-refractivity contribution in [1.82, 2.24) is 9.55 Å². The molecule has 0 N–H and O–H groups in total. The summed E-state index contributed by atoms with van der Waals surface area (Å²) in [7, 11) is 1.81. The summed E-state index contributed by atoms with van der Waals surface area (Å²) in [5.41, 5.74) is 0.664. The van der Waals surface area contributed by atoms with Gasteiger partial charge in [-0.25, -0.2) is 4.98 Å². The third-order valence-corrected chi connectivity index (χ3v) is 1.68. The first kappa shape index (κ1) is 8.71. The number of allylic oxidation sites excluding steroid dienone is 1. The molecule has 0 radical (unpaired) electrons. The number of aryl methyl sites for hydroxylation is 1. The molecular formula is C9H12N2O. The van der Waals surface area contributed by atoms with Gasteiger partial charge in [-0.2, -0.15) is 0 Å². The van der Waals surface area contributed by atoms with Crippen LogP contribution < -0.4 is 0 Å². The van der Waals surface area contributed by atoms with Crippen molar-refractivity contribution >= 4 is 5.78 Å². The standard InChI is InChI=1S/C9H12N2O/c1-3-4-5-9(12)8-6-10-7-11(8)2/h3,6-7H,1,4-5H2,2H3. The Balaban J connectivity index is 2.65. The van der Waals surface area contributed by atoms with E-state index in [4.69, 9.17) is 0 Å². The Bertz CT molecular complexity index is 288. The van der Waals surface area contributed by atoms with E-state index in [-0.39, 0.29) is 5.78 Å². The normalized spacial score (nSPS) is 9.75. The Morgan fingerprint density at radius 3 is 3.08 bits per heavy atom. The fourth-order valence-electron chi connectivity index (χ4n) is 0.987. The summed E-state index contributed by atoms with van der Waals surface area (Å²) >= 11 is 0. The van der Waals surface area contributed by atoms with Crippen molar-refractivity contribution in [3.8, 4) is 0 Å². The molecule has 1 aromatic heterocycles. The maximum Gasteiger partial charge on any atom is 0.181 e. The lowest BCUT2D eigenvalue weighted by Gasteiger charge is -1.98. The second-order valence-corrected chi connectivity index (χ2v) is 2.64. The largest absolute Gasteiger partial charge is 0.331 e. The van der Waals surface area contributed by atoms with Gasteiger partial charge in [0, 0.05) is 13.5 Å². The molecule has 0 aromatic carbocycles. The molecule has 0 aliphatic carbocycles. The number of carbonyl (C=O) groups excluding carboxylic acids is 1. The molecule has 0 aliphatic heterocycles.